The van der Waals surface area contributed by atoms with E-state index < -0.39 is 27.1 Å². The smallest absolute Gasteiger partial charge is 0.335 e. The van der Waals surface area contributed by atoms with Crippen LogP contribution in [0, 0.1) is 0 Å². The van der Waals surface area contributed by atoms with E-state index in [0.717, 1.165) is 21.2 Å². The van der Waals surface area contributed by atoms with Crippen LogP contribution in [0.15, 0.2) is 100 Å². The average molecular weight is 541 g/mol. The summed E-state index contributed by atoms with van der Waals surface area (Å²) in [6, 6.07) is 24.7. The number of carboxylic acids is 1. The zero-order valence-electron chi connectivity index (χ0n) is 18.9. The molecule has 1 aromatic heterocycles. The monoisotopic (exact) mass is 540 g/mol. The minimum Gasteiger partial charge on any atom is -0.755 e. The Morgan fingerprint density at radius 3 is 2.17 bits per heavy atom. The topological polar surface area (TPSA) is 115 Å². The van der Waals surface area contributed by atoms with Crippen molar-refractivity contribution < 1.29 is 27.1 Å². The lowest BCUT2D eigenvalue weighted by Crippen LogP contribution is -2.20. The second-order valence-corrected chi connectivity index (χ2v) is 11.9. The first-order valence-electron chi connectivity index (χ1n) is 11.0. The van der Waals surface area contributed by atoms with Gasteiger partial charge in [0.2, 0.25) is 9.84 Å². The quantitative estimate of drug-likeness (QED) is 0.270. The van der Waals surface area contributed by atoms with Gasteiger partial charge in [-0.25, -0.2) is 13.2 Å². The van der Waals surface area contributed by atoms with Crippen LogP contribution >= 0.6 is 11.3 Å². The molecule has 0 amide bonds. The molecule has 0 aliphatic carbocycles. The molecule has 0 fully saturated rings. The highest BCUT2D eigenvalue weighted by molar-refractivity contribution is 7.93. The Morgan fingerprint density at radius 2 is 1.47 bits per heavy atom. The maximum absolute atomic E-state index is 13.0. The normalized spacial score (nSPS) is 12.2. The molecule has 3 aromatic carbocycles. The zero-order chi connectivity index (χ0) is 25.7. The average Bonchev–Trinajstić information content (AvgIpc) is 3.36. The van der Waals surface area contributed by atoms with Gasteiger partial charge in [-0.15, -0.1) is 11.3 Å². The molecule has 1 unspecified atom stereocenters. The summed E-state index contributed by atoms with van der Waals surface area (Å²) in [6.45, 7) is 0. The molecule has 1 N–H and O–H groups in total. The van der Waals surface area contributed by atoms with Crippen molar-refractivity contribution in [1.29, 1.82) is 0 Å². The second kappa shape index (κ2) is 11.2. The van der Waals surface area contributed by atoms with Crippen molar-refractivity contribution in [2.75, 3.05) is 4.31 Å². The summed E-state index contributed by atoms with van der Waals surface area (Å²) >= 11 is -1.82. The molecule has 0 saturated heterocycles. The fourth-order valence-corrected chi connectivity index (χ4v) is 7.37. The van der Waals surface area contributed by atoms with E-state index in [1.54, 1.807) is 60.7 Å². The largest absolute Gasteiger partial charge is 0.755 e. The number of sulfone groups is 1. The summed E-state index contributed by atoms with van der Waals surface area (Å²) in [5, 5.41) is 9.65. The predicted octanol–water partition coefficient (Wildman–Crippen LogP) is 5.39. The molecule has 0 radical (unpaired) electrons. The van der Waals surface area contributed by atoms with Crippen molar-refractivity contribution >= 4 is 49.1 Å². The fraction of sp³-hybridized carbons (Fsp3) is 0.115. The van der Waals surface area contributed by atoms with Gasteiger partial charge in [0.1, 0.15) is 9.21 Å². The van der Waals surface area contributed by atoms with Gasteiger partial charge in [0.25, 0.3) is 0 Å². The molecular weight excluding hydrogens is 518 g/mol. The van der Waals surface area contributed by atoms with Crippen LogP contribution in [-0.4, -0.2) is 28.3 Å². The molecule has 36 heavy (non-hydrogen) atoms. The minimum atomic E-state index is -3.78. The standard InChI is InChI=1S/C26H23NO6S3/c28-26(29)22-15-6-4-9-19(22)11-8-12-20-10-5-7-16-23(20)27(35(30)31)24-17-18-25(34-24)36(32,33)21-13-2-1-3-14-21/h1-7,9-10,13-18H,8,11-12H2,(H,28,29)(H,30,31)/p-1. The van der Waals surface area contributed by atoms with Crippen LogP contribution in [0.25, 0.3) is 0 Å². The first-order chi connectivity index (χ1) is 17.3. The fourth-order valence-electron chi connectivity index (χ4n) is 3.89. The Bertz CT molecular complexity index is 1500. The van der Waals surface area contributed by atoms with E-state index in [2.05, 4.69) is 0 Å². The highest BCUT2D eigenvalue weighted by Gasteiger charge is 2.23. The number of carbonyl (C=O) groups is 1. The number of para-hydroxylation sites is 1. The van der Waals surface area contributed by atoms with E-state index >= 15 is 0 Å². The molecule has 0 aliphatic heterocycles. The molecule has 7 nitrogen and oxygen atoms in total. The summed E-state index contributed by atoms with van der Waals surface area (Å²) in [6.07, 6.45) is 1.60. The number of carboxylic acid groups (broad SMARTS) is 1. The van der Waals surface area contributed by atoms with Gasteiger partial charge in [0.05, 0.1) is 27.4 Å². The first-order valence-corrected chi connectivity index (χ1v) is 14.3. The van der Waals surface area contributed by atoms with E-state index in [4.69, 9.17) is 0 Å². The van der Waals surface area contributed by atoms with Crippen molar-refractivity contribution in [2.24, 2.45) is 0 Å². The maximum atomic E-state index is 13.0. The molecule has 186 valence electrons. The number of benzene rings is 3. The highest BCUT2D eigenvalue weighted by atomic mass is 32.2. The van der Waals surface area contributed by atoms with E-state index in [9.17, 15) is 27.1 Å². The van der Waals surface area contributed by atoms with Gasteiger partial charge in [-0.05, 0) is 66.8 Å². The molecule has 0 bridgehead atoms. The van der Waals surface area contributed by atoms with Gasteiger partial charge in [-0.3, -0.25) is 8.51 Å². The van der Waals surface area contributed by atoms with Crippen molar-refractivity contribution in [3.63, 3.8) is 0 Å². The summed E-state index contributed by atoms with van der Waals surface area (Å²) < 4.78 is 51.7. The Morgan fingerprint density at radius 1 is 0.861 bits per heavy atom. The maximum Gasteiger partial charge on any atom is 0.335 e. The van der Waals surface area contributed by atoms with E-state index in [-0.39, 0.29) is 19.7 Å². The van der Waals surface area contributed by atoms with E-state index in [1.807, 2.05) is 6.07 Å². The third kappa shape index (κ3) is 5.57. The molecule has 1 heterocycles. The molecule has 4 aromatic rings. The van der Waals surface area contributed by atoms with Gasteiger partial charge < -0.3 is 9.66 Å². The van der Waals surface area contributed by atoms with Crippen molar-refractivity contribution in [3.8, 4) is 0 Å². The van der Waals surface area contributed by atoms with Crippen molar-refractivity contribution in [3.05, 3.63) is 108 Å². The lowest BCUT2D eigenvalue weighted by atomic mass is 9.99. The minimum absolute atomic E-state index is 0.0434. The lowest BCUT2D eigenvalue weighted by Gasteiger charge is -2.27. The SMILES string of the molecule is O=C(O)c1ccccc1CCCc1ccccc1N(c1ccc(S(=O)(=O)c2ccccc2)s1)S(=O)[O-]. The van der Waals surface area contributed by atoms with Gasteiger partial charge in [0.15, 0.2) is 0 Å². The number of aryl methyl sites for hydroxylation is 2. The van der Waals surface area contributed by atoms with Gasteiger partial charge in [-0.2, -0.15) is 0 Å². The number of hydrogen-bond donors (Lipinski definition) is 1. The zero-order valence-corrected chi connectivity index (χ0v) is 21.4. The number of rotatable bonds is 10. The number of nitrogens with zero attached hydrogens (tertiary/aromatic N) is 1. The van der Waals surface area contributed by atoms with Crippen LogP contribution < -0.4 is 4.31 Å². The van der Waals surface area contributed by atoms with Crippen LogP contribution in [-0.2, 0) is 33.9 Å². The van der Waals surface area contributed by atoms with Crippen LogP contribution in [0.4, 0.5) is 10.7 Å². The second-order valence-electron chi connectivity index (χ2n) is 7.87. The van der Waals surface area contributed by atoms with Crippen molar-refractivity contribution in [1.82, 2.24) is 0 Å². The Kier molecular flexibility index (Phi) is 8.00. The van der Waals surface area contributed by atoms with Crippen LogP contribution in [0.2, 0.25) is 0 Å². The van der Waals surface area contributed by atoms with Gasteiger partial charge in [0, 0.05) is 0 Å². The van der Waals surface area contributed by atoms with Crippen LogP contribution in [0.1, 0.15) is 27.9 Å². The lowest BCUT2D eigenvalue weighted by molar-refractivity contribution is 0.0695. The third-order valence-electron chi connectivity index (χ3n) is 5.59. The first kappa shape index (κ1) is 25.8. The highest BCUT2D eigenvalue weighted by Crippen LogP contribution is 2.38. The molecule has 0 spiro atoms. The molecule has 0 saturated carbocycles. The summed E-state index contributed by atoms with van der Waals surface area (Å²) in [7, 11) is -3.78. The van der Waals surface area contributed by atoms with Crippen LogP contribution in [0.5, 0.6) is 0 Å². The molecule has 0 aliphatic rings. The van der Waals surface area contributed by atoms with E-state index in [1.165, 1.54) is 24.3 Å². The summed E-state index contributed by atoms with van der Waals surface area (Å²) in [5.74, 6) is -0.988. The molecule has 4 rings (SSSR count). The van der Waals surface area contributed by atoms with Crippen molar-refractivity contribution in [2.45, 2.75) is 28.4 Å². The summed E-state index contributed by atoms with van der Waals surface area (Å²) in [4.78, 5) is 11.6. The van der Waals surface area contributed by atoms with E-state index in [0.29, 0.717) is 30.5 Å². The Hall–Kier alpha value is -3.31. The Balaban J connectivity index is 1.60. The van der Waals surface area contributed by atoms with Gasteiger partial charge in [-0.1, -0.05) is 54.6 Å². The van der Waals surface area contributed by atoms with Gasteiger partial charge >= 0.3 is 5.97 Å². The number of aromatic carboxylic acids is 1. The third-order valence-corrected chi connectivity index (χ3v) is 9.72. The predicted molar refractivity (Wildman–Crippen MR) is 139 cm³/mol. The number of thiophene rings is 1. The molecule has 10 heteroatoms. The molecule has 1 atom stereocenters. The summed E-state index contributed by atoms with van der Waals surface area (Å²) in [5.41, 5.74) is 2.12. The Labute approximate surface area is 216 Å². The van der Waals surface area contributed by atoms with Crippen LogP contribution in [0.3, 0.4) is 0 Å². The molecular formula is C26H22NO6S3-. The number of anilines is 2. The number of hydrogen-bond acceptors (Lipinski definition) is 6.